The Hall–Kier alpha value is -2.35. The van der Waals surface area contributed by atoms with Crippen LogP contribution in [0.15, 0.2) is 29.6 Å². The number of ether oxygens (including phenoxy) is 2. The fourth-order valence-electron chi connectivity index (χ4n) is 3.74. The topological polar surface area (TPSA) is 73.3 Å². The van der Waals surface area contributed by atoms with Crippen molar-refractivity contribution < 1.29 is 18.7 Å². The molecule has 2 heterocycles. The number of halogens is 1. The fraction of sp³-hybridized carbons (Fsp3) is 0.450. The molecule has 6 nitrogen and oxygen atoms in total. The number of carbonyl (C=O) groups is 1. The lowest BCUT2D eigenvalue weighted by Gasteiger charge is -2.19. The number of nitrogens with one attached hydrogen (secondary N) is 1. The van der Waals surface area contributed by atoms with Crippen molar-refractivity contribution in [2.75, 3.05) is 12.4 Å². The van der Waals surface area contributed by atoms with Crippen LogP contribution in [0.4, 0.5) is 15.9 Å². The number of rotatable bonds is 5. The molecule has 2 aromatic rings. The van der Waals surface area contributed by atoms with E-state index in [1.165, 1.54) is 37.3 Å². The van der Waals surface area contributed by atoms with Crippen LogP contribution in [0.25, 0.3) is 0 Å². The normalized spacial score (nSPS) is 21.4. The molecule has 0 saturated heterocycles. The van der Waals surface area contributed by atoms with Gasteiger partial charge in [-0.05, 0) is 37.8 Å². The number of aromatic nitrogens is 2. The van der Waals surface area contributed by atoms with Crippen molar-refractivity contribution in [3.63, 3.8) is 0 Å². The molecule has 1 saturated carbocycles. The smallest absolute Gasteiger partial charge is 0.319 e. The SMILES string of the molecule is COC(=O)C1Sc2ncnc(Nc3ccc(F)cc3OC3CCCC3)c2C1C. The number of anilines is 2. The lowest BCUT2D eigenvalue weighted by atomic mass is 9.99. The van der Waals surface area contributed by atoms with Crippen LogP contribution >= 0.6 is 11.8 Å². The number of hydrogen-bond donors (Lipinski definition) is 1. The predicted molar refractivity (Wildman–Crippen MR) is 105 cm³/mol. The predicted octanol–water partition coefficient (Wildman–Crippen LogP) is 4.43. The molecule has 0 bridgehead atoms. The number of thioether (sulfide) groups is 1. The lowest BCUT2D eigenvalue weighted by Crippen LogP contribution is -2.21. The molecule has 1 aliphatic carbocycles. The molecule has 1 fully saturated rings. The number of nitrogens with zero attached hydrogens (tertiary/aromatic N) is 2. The molecule has 2 atom stereocenters. The Balaban J connectivity index is 1.63. The quantitative estimate of drug-likeness (QED) is 0.585. The van der Waals surface area contributed by atoms with Gasteiger partial charge in [-0.25, -0.2) is 14.4 Å². The molecule has 1 aromatic carbocycles. The molecular weight excluding hydrogens is 381 g/mol. The second kappa shape index (κ2) is 7.95. The van der Waals surface area contributed by atoms with Gasteiger partial charge in [0.25, 0.3) is 0 Å². The first-order chi connectivity index (χ1) is 13.6. The molecule has 0 radical (unpaired) electrons. The van der Waals surface area contributed by atoms with E-state index in [-0.39, 0.29) is 29.1 Å². The zero-order valence-corrected chi connectivity index (χ0v) is 16.6. The summed E-state index contributed by atoms with van der Waals surface area (Å²) >= 11 is 1.38. The summed E-state index contributed by atoms with van der Waals surface area (Å²) in [6.45, 7) is 1.95. The zero-order valence-electron chi connectivity index (χ0n) is 15.8. The van der Waals surface area contributed by atoms with Crippen molar-refractivity contribution in [3.8, 4) is 5.75 Å². The van der Waals surface area contributed by atoms with Crippen LogP contribution in [0.2, 0.25) is 0 Å². The van der Waals surface area contributed by atoms with Crippen LogP contribution < -0.4 is 10.1 Å². The van der Waals surface area contributed by atoms with Crippen LogP contribution in [0.3, 0.4) is 0 Å². The van der Waals surface area contributed by atoms with Gasteiger partial charge in [-0.15, -0.1) is 0 Å². The molecule has 1 aliphatic heterocycles. The molecule has 148 valence electrons. The Bertz CT molecular complexity index is 889. The first-order valence-electron chi connectivity index (χ1n) is 9.39. The number of fused-ring (bicyclic) bond motifs is 1. The van der Waals surface area contributed by atoms with E-state index in [4.69, 9.17) is 9.47 Å². The molecule has 0 spiro atoms. The summed E-state index contributed by atoms with van der Waals surface area (Å²) in [5.74, 6) is 0.326. The van der Waals surface area contributed by atoms with E-state index in [0.29, 0.717) is 17.3 Å². The van der Waals surface area contributed by atoms with Gasteiger partial charge in [0.15, 0.2) is 0 Å². The second-order valence-corrected chi connectivity index (χ2v) is 8.21. The Labute approximate surface area is 167 Å². The maximum absolute atomic E-state index is 13.8. The van der Waals surface area contributed by atoms with Crippen LogP contribution in [0, 0.1) is 5.82 Å². The van der Waals surface area contributed by atoms with Crippen molar-refractivity contribution in [3.05, 3.63) is 35.9 Å². The van der Waals surface area contributed by atoms with Crippen LogP contribution in [-0.4, -0.2) is 34.4 Å². The minimum absolute atomic E-state index is 0.108. The van der Waals surface area contributed by atoms with Crippen molar-refractivity contribution in [1.29, 1.82) is 0 Å². The highest BCUT2D eigenvalue weighted by molar-refractivity contribution is 8.00. The molecule has 4 rings (SSSR count). The maximum Gasteiger partial charge on any atom is 0.319 e. The molecule has 0 amide bonds. The molecule has 8 heteroatoms. The van der Waals surface area contributed by atoms with Crippen LogP contribution in [0.5, 0.6) is 5.75 Å². The Morgan fingerprint density at radius 3 is 2.82 bits per heavy atom. The fourth-order valence-corrected chi connectivity index (χ4v) is 5.03. The number of benzene rings is 1. The van der Waals surface area contributed by atoms with E-state index in [1.54, 1.807) is 6.07 Å². The third-order valence-electron chi connectivity index (χ3n) is 5.22. The van der Waals surface area contributed by atoms with Gasteiger partial charge >= 0.3 is 5.97 Å². The van der Waals surface area contributed by atoms with Gasteiger partial charge < -0.3 is 14.8 Å². The van der Waals surface area contributed by atoms with Gasteiger partial charge in [-0.3, -0.25) is 4.79 Å². The van der Waals surface area contributed by atoms with E-state index < -0.39 is 0 Å². The summed E-state index contributed by atoms with van der Waals surface area (Å²) < 4.78 is 24.8. The Kier molecular flexibility index (Phi) is 5.39. The third kappa shape index (κ3) is 3.65. The Morgan fingerprint density at radius 2 is 2.07 bits per heavy atom. The first kappa shape index (κ1) is 19.0. The monoisotopic (exact) mass is 403 g/mol. The molecule has 2 aliphatic rings. The highest BCUT2D eigenvalue weighted by Gasteiger charge is 2.39. The number of methoxy groups -OCH3 is 1. The molecule has 1 N–H and O–H groups in total. The van der Waals surface area contributed by atoms with Gasteiger partial charge in [0.2, 0.25) is 0 Å². The first-order valence-corrected chi connectivity index (χ1v) is 10.3. The van der Waals surface area contributed by atoms with E-state index in [0.717, 1.165) is 36.3 Å². The van der Waals surface area contributed by atoms with Crippen molar-refractivity contribution in [2.45, 2.75) is 54.9 Å². The van der Waals surface area contributed by atoms with E-state index in [2.05, 4.69) is 15.3 Å². The largest absolute Gasteiger partial charge is 0.488 e. The molecule has 28 heavy (non-hydrogen) atoms. The summed E-state index contributed by atoms with van der Waals surface area (Å²) in [4.78, 5) is 20.8. The van der Waals surface area contributed by atoms with E-state index in [1.807, 2.05) is 6.92 Å². The molecule has 2 unspecified atom stereocenters. The minimum atomic E-state index is -0.361. The van der Waals surface area contributed by atoms with Crippen molar-refractivity contribution in [1.82, 2.24) is 9.97 Å². The lowest BCUT2D eigenvalue weighted by molar-refractivity contribution is -0.140. The average molecular weight is 403 g/mol. The third-order valence-corrected chi connectivity index (χ3v) is 6.62. The summed E-state index contributed by atoms with van der Waals surface area (Å²) in [7, 11) is 1.38. The molecule has 1 aromatic heterocycles. The number of carbonyl (C=O) groups excluding carboxylic acids is 1. The van der Waals surface area contributed by atoms with Gasteiger partial charge in [-0.2, -0.15) is 0 Å². The van der Waals surface area contributed by atoms with Gasteiger partial charge in [0.05, 0.1) is 18.9 Å². The standard InChI is InChI=1S/C20H22FN3O3S/c1-11-16-18(22-10-23-19(16)28-17(11)20(25)26-2)24-14-8-7-12(21)9-15(14)27-13-5-3-4-6-13/h7-11,13,17H,3-6H2,1-2H3,(H,22,23,24). The van der Waals surface area contributed by atoms with Gasteiger partial charge in [-0.1, -0.05) is 18.7 Å². The average Bonchev–Trinajstić information content (AvgIpc) is 3.32. The zero-order chi connectivity index (χ0) is 19.7. The maximum atomic E-state index is 13.8. The summed E-state index contributed by atoms with van der Waals surface area (Å²) in [5, 5.41) is 3.66. The van der Waals surface area contributed by atoms with Crippen LogP contribution in [-0.2, 0) is 9.53 Å². The Morgan fingerprint density at radius 1 is 1.29 bits per heavy atom. The number of esters is 1. The van der Waals surface area contributed by atoms with E-state index >= 15 is 0 Å². The highest BCUT2D eigenvalue weighted by Crippen LogP contribution is 2.47. The van der Waals surface area contributed by atoms with E-state index in [9.17, 15) is 9.18 Å². The second-order valence-electron chi connectivity index (χ2n) is 7.08. The van der Waals surface area contributed by atoms with Gasteiger partial charge in [0.1, 0.15) is 34.0 Å². The van der Waals surface area contributed by atoms with Crippen molar-refractivity contribution >= 4 is 29.2 Å². The van der Waals surface area contributed by atoms with Crippen LogP contribution in [0.1, 0.15) is 44.1 Å². The summed E-state index contributed by atoms with van der Waals surface area (Å²) in [6, 6.07) is 4.44. The summed E-state index contributed by atoms with van der Waals surface area (Å²) in [5.41, 5.74) is 1.51. The number of hydrogen-bond acceptors (Lipinski definition) is 7. The highest BCUT2D eigenvalue weighted by atomic mass is 32.2. The molecular formula is C20H22FN3O3S. The minimum Gasteiger partial charge on any atom is -0.488 e. The van der Waals surface area contributed by atoms with Crippen molar-refractivity contribution in [2.24, 2.45) is 0 Å². The summed E-state index contributed by atoms with van der Waals surface area (Å²) in [6.07, 6.45) is 5.79. The van der Waals surface area contributed by atoms with Gasteiger partial charge in [0, 0.05) is 17.5 Å².